The van der Waals surface area contributed by atoms with Gasteiger partial charge >= 0.3 is 12.1 Å². The van der Waals surface area contributed by atoms with Crippen LogP contribution in [-0.2, 0) is 11.2 Å². The molecule has 0 bridgehead atoms. The molecule has 2 N–H and O–H groups in total. The molecule has 4 aromatic rings. The zero-order chi connectivity index (χ0) is 32.0. The Kier molecular flexibility index (Phi) is 7.91. The average molecular weight is 636 g/mol. The van der Waals surface area contributed by atoms with Crippen LogP contribution in [0.3, 0.4) is 0 Å². The molecular weight excluding hydrogens is 599 g/mol. The van der Waals surface area contributed by atoms with Crippen molar-refractivity contribution in [3.8, 4) is 17.0 Å². The number of hydrogen-bond acceptors (Lipinski definition) is 9. The van der Waals surface area contributed by atoms with E-state index >= 15 is 0 Å². The van der Waals surface area contributed by atoms with Crippen molar-refractivity contribution in [1.29, 1.82) is 0 Å². The molecule has 1 amide bonds. The smallest absolute Gasteiger partial charge is 0.471 e. The van der Waals surface area contributed by atoms with Crippen LogP contribution in [0.4, 0.5) is 24.8 Å². The minimum Gasteiger partial charge on any atom is -0.507 e. The van der Waals surface area contributed by atoms with E-state index in [1.54, 1.807) is 12.1 Å². The number of rotatable bonds is 5. The summed E-state index contributed by atoms with van der Waals surface area (Å²) in [6.07, 6.45) is 1.70. The first-order valence-electron chi connectivity index (χ1n) is 15.7. The van der Waals surface area contributed by atoms with Crippen LogP contribution >= 0.6 is 0 Å². The van der Waals surface area contributed by atoms with Crippen LogP contribution in [0.15, 0.2) is 42.7 Å². The van der Waals surface area contributed by atoms with Crippen LogP contribution < -0.4 is 9.80 Å². The number of para-hydroxylation sites is 1. The lowest BCUT2D eigenvalue weighted by Gasteiger charge is -2.39. The molecular formula is C32H36F3N9O2. The molecule has 0 saturated carbocycles. The third kappa shape index (κ3) is 5.81. The minimum absolute atomic E-state index is 0.00559. The fourth-order valence-electron chi connectivity index (χ4n) is 7.09. The minimum atomic E-state index is -4.81. The summed E-state index contributed by atoms with van der Waals surface area (Å²) in [6, 6.07) is 9.09. The van der Waals surface area contributed by atoms with Crippen LogP contribution in [0.2, 0.25) is 0 Å². The number of piperidine rings is 1. The van der Waals surface area contributed by atoms with Gasteiger partial charge in [0.05, 0.1) is 29.8 Å². The number of benzene rings is 1. The van der Waals surface area contributed by atoms with E-state index in [2.05, 4.69) is 36.8 Å². The first-order chi connectivity index (χ1) is 22.2. The lowest BCUT2D eigenvalue weighted by Crippen LogP contribution is -2.53. The lowest BCUT2D eigenvalue weighted by atomic mass is 9.95. The maximum Gasteiger partial charge on any atom is 0.471 e. The van der Waals surface area contributed by atoms with Crippen LogP contribution in [0.5, 0.6) is 5.75 Å². The molecule has 0 radical (unpaired) electrons. The number of carbonyl (C=O) groups is 1. The predicted octanol–water partition coefficient (Wildman–Crippen LogP) is 4.17. The van der Waals surface area contributed by atoms with E-state index in [1.807, 2.05) is 30.6 Å². The van der Waals surface area contributed by atoms with Crippen molar-refractivity contribution in [3.05, 3.63) is 54.0 Å². The summed E-state index contributed by atoms with van der Waals surface area (Å²) in [7, 11) is 0. The van der Waals surface area contributed by atoms with Gasteiger partial charge < -0.3 is 24.8 Å². The van der Waals surface area contributed by atoms with Gasteiger partial charge in [-0.1, -0.05) is 12.1 Å². The van der Waals surface area contributed by atoms with E-state index in [9.17, 15) is 23.1 Å². The summed E-state index contributed by atoms with van der Waals surface area (Å²) in [5.41, 5.74) is 5.20. The fourth-order valence-corrected chi connectivity index (χ4v) is 7.09. The van der Waals surface area contributed by atoms with Crippen molar-refractivity contribution in [2.24, 2.45) is 5.92 Å². The molecule has 11 nitrogen and oxygen atoms in total. The molecule has 0 spiro atoms. The monoisotopic (exact) mass is 635 g/mol. The number of halogens is 3. The van der Waals surface area contributed by atoms with Gasteiger partial charge in [0.1, 0.15) is 5.75 Å². The molecule has 1 aromatic carbocycles. The molecule has 7 rings (SSSR count). The van der Waals surface area contributed by atoms with Crippen molar-refractivity contribution >= 4 is 28.6 Å². The number of alkyl halides is 3. The summed E-state index contributed by atoms with van der Waals surface area (Å²) in [6.45, 7) is 6.62. The van der Waals surface area contributed by atoms with Crippen molar-refractivity contribution in [2.75, 3.05) is 62.2 Å². The number of aromatic amines is 1. The highest BCUT2D eigenvalue weighted by Gasteiger charge is 2.43. The van der Waals surface area contributed by atoms with Crippen LogP contribution in [0.1, 0.15) is 37.1 Å². The molecule has 3 aliphatic heterocycles. The van der Waals surface area contributed by atoms with Crippen molar-refractivity contribution in [2.45, 2.75) is 38.4 Å². The first kappa shape index (κ1) is 30.2. The number of fused-ring (bicyclic) bond motifs is 3. The van der Waals surface area contributed by atoms with E-state index in [0.29, 0.717) is 36.2 Å². The normalized spacial score (nSPS) is 19.9. The first-order valence-corrected chi connectivity index (χ1v) is 15.7. The molecule has 3 aliphatic rings. The van der Waals surface area contributed by atoms with Crippen molar-refractivity contribution < 1.29 is 23.1 Å². The van der Waals surface area contributed by atoms with Gasteiger partial charge in [0.15, 0.2) is 5.65 Å². The summed E-state index contributed by atoms with van der Waals surface area (Å²) in [5.74, 6) is -0.456. The second-order valence-corrected chi connectivity index (χ2v) is 12.4. The second-order valence-electron chi connectivity index (χ2n) is 12.4. The largest absolute Gasteiger partial charge is 0.507 e. The molecule has 242 valence electrons. The number of piperazine rings is 1. The van der Waals surface area contributed by atoms with E-state index in [1.165, 1.54) is 0 Å². The Morgan fingerprint density at radius 2 is 1.72 bits per heavy atom. The number of phenols is 1. The molecule has 1 unspecified atom stereocenters. The Balaban J connectivity index is 0.968. The third-order valence-electron chi connectivity index (χ3n) is 9.63. The molecule has 0 aliphatic carbocycles. The second kappa shape index (κ2) is 12.0. The number of nitrogens with one attached hydrogen (secondary N) is 1. The van der Waals surface area contributed by atoms with Crippen LogP contribution in [0, 0.1) is 5.92 Å². The number of nitrogens with zero attached hydrogens (tertiary/aromatic N) is 8. The van der Waals surface area contributed by atoms with Gasteiger partial charge in [-0.3, -0.25) is 9.69 Å². The van der Waals surface area contributed by atoms with E-state index in [0.717, 1.165) is 78.3 Å². The predicted molar refractivity (Wildman–Crippen MR) is 166 cm³/mol. The highest BCUT2D eigenvalue weighted by atomic mass is 19.4. The van der Waals surface area contributed by atoms with Gasteiger partial charge in [0.2, 0.25) is 5.95 Å². The van der Waals surface area contributed by atoms with Gasteiger partial charge in [0, 0.05) is 81.0 Å². The van der Waals surface area contributed by atoms with E-state index in [4.69, 9.17) is 9.97 Å². The maximum atomic E-state index is 12.7. The summed E-state index contributed by atoms with van der Waals surface area (Å²) >= 11 is 0. The quantitative estimate of drug-likeness (QED) is 0.333. The zero-order valence-corrected chi connectivity index (χ0v) is 25.5. The molecule has 2 fully saturated rings. The Morgan fingerprint density at radius 1 is 1.00 bits per heavy atom. The number of H-pyrrole nitrogens is 1. The molecule has 2 saturated heterocycles. The van der Waals surface area contributed by atoms with Crippen molar-refractivity contribution in [1.82, 2.24) is 34.9 Å². The summed E-state index contributed by atoms with van der Waals surface area (Å²) < 4.78 is 38.2. The molecule has 14 heteroatoms. The number of anilines is 2. The van der Waals surface area contributed by atoms with Crippen LogP contribution in [0.25, 0.3) is 22.3 Å². The number of carbonyl (C=O) groups excluding carboxylic acids is 1. The lowest BCUT2D eigenvalue weighted by molar-refractivity contribution is -0.187. The third-order valence-corrected chi connectivity index (χ3v) is 9.63. The number of amides is 1. The SMILES string of the molecule is CC1c2c([nH]c3nnc(-c4ccccc4O)cc23)CCN1c1ncc(N2CCC(CN3CCN(C(=O)C(F)(F)F)CC3)CC2)cn1. The average Bonchev–Trinajstić information content (AvgIpc) is 3.44. The highest BCUT2D eigenvalue weighted by Crippen LogP contribution is 2.38. The summed E-state index contributed by atoms with van der Waals surface area (Å²) in [4.78, 5) is 32.1. The Hall–Kier alpha value is -4.46. The Bertz CT molecular complexity index is 1710. The van der Waals surface area contributed by atoms with Gasteiger partial charge in [-0.05, 0) is 43.9 Å². The van der Waals surface area contributed by atoms with Gasteiger partial charge in [0.25, 0.3) is 0 Å². The standard InChI is InChI=1S/C32H36F3N9O2/c1-20-28-24-16-26(23-4-2-3-5-27(23)45)39-40-29(24)38-25(28)8-11-44(20)31-36-17-22(18-37-31)42-9-6-21(7-10-42)19-41-12-14-43(15-13-41)30(46)32(33,34)35/h2-5,16-18,20-21,45H,6-15,19H2,1H3,(H,38,40). The molecule has 6 heterocycles. The van der Waals surface area contributed by atoms with E-state index < -0.39 is 12.1 Å². The Labute approximate surface area is 264 Å². The molecule has 3 aromatic heterocycles. The van der Waals surface area contributed by atoms with Gasteiger partial charge in [-0.25, -0.2) is 9.97 Å². The molecule has 1 atom stereocenters. The van der Waals surface area contributed by atoms with E-state index in [-0.39, 0.29) is 24.9 Å². The summed E-state index contributed by atoms with van der Waals surface area (Å²) in [5, 5.41) is 20.1. The van der Waals surface area contributed by atoms with Crippen molar-refractivity contribution in [3.63, 3.8) is 0 Å². The topological polar surface area (TPSA) is 118 Å². The number of phenolic OH excluding ortho intramolecular Hbond substituents is 1. The van der Waals surface area contributed by atoms with Gasteiger partial charge in [-0.2, -0.15) is 13.2 Å². The number of aromatic hydroxyl groups is 1. The highest BCUT2D eigenvalue weighted by molar-refractivity contribution is 5.86. The molecule has 46 heavy (non-hydrogen) atoms. The maximum absolute atomic E-state index is 12.7. The fraction of sp³-hybridized carbons (Fsp3) is 0.469. The Morgan fingerprint density at radius 3 is 2.41 bits per heavy atom. The zero-order valence-electron chi connectivity index (χ0n) is 25.5. The number of hydrogen-bond donors (Lipinski definition) is 2. The van der Waals surface area contributed by atoms with Gasteiger partial charge in [-0.15, -0.1) is 10.2 Å². The number of aromatic nitrogens is 5. The van der Waals surface area contributed by atoms with Crippen LogP contribution in [-0.4, -0.2) is 104 Å².